The molecule has 3 aromatic rings. The van der Waals surface area contributed by atoms with Crippen molar-refractivity contribution in [3.05, 3.63) is 77.1 Å². The number of Topliss-reactive ketones (excluding diaryl/α,β-unsaturated/α-hetero) is 1. The summed E-state index contributed by atoms with van der Waals surface area (Å²) in [5.74, 6) is -0.392. The van der Waals surface area contributed by atoms with Crippen LogP contribution < -0.4 is 9.04 Å². The van der Waals surface area contributed by atoms with E-state index < -0.39 is 16.0 Å². The average molecular weight is 471 g/mol. The first-order chi connectivity index (χ1) is 15.7. The third kappa shape index (κ3) is 5.09. The van der Waals surface area contributed by atoms with Crippen molar-refractivity contribution in [1.82, 2.24) is 4.98 Å². The third-order valence-electron chi connectivity index (χ3n) is 5.17. The fourth-order valence-electron chi connectivity index (χ4n) is 3.40. The van der Waals surface area contributed by atoms with Crippen LogP contribution in [0.5, 0.6) is 5.75 Å². The van der Waals surface area contributed by atoms with Crippen LogP contribution in [0.4, 0.5) is 5.69 Å². The second-order valence-corrected chi connectivity index (χ2v) is 9.31. The normalized spacial score (nSPS) is 11.2. The Morgan fingerprint density at radius 1 is 1.00 bits per heavy atom. The van der Waals surface area contributed by atoms with Gasteiger partial charge < -0.3 is 14.5 Å². The Morgan fingerprint density at radius 3 is 2.24 bits per heavy atom. The topological polar surface area (TPSA) is 106 Å². The summed E-state index contributed by atoms with van der Waals surface area (Å²) in [4.78, 5) is 27.9. The Labute approximate surface area is 193 Å². The number of hydrogen-bond acceptors (Lipinski definition) is 6. The number of carbonyl (C=O) groups excluding carboxylic acids is 2. The predicted octanol–water partition coefficient (Wildman–Crippen LogP) is 3.90. The molecule has 0 spiro atoms. The molecule has 3 rings (SSSR count). The zero-order chi connectivity index (χ0) is 24.2. The number of rotatable bonds is 9. The molecule has 0 saturated carbocycles. The number of anilines is 1. The number of nitrogens with zero attached hydrogens (tertiary/aromatic N) is 1. The molecule has 174 valence electrons. The van der Waals surface area contributed by atoms with E-state index >= 15 is 0 Å². The summed E-state index contributed by atoms with van der Waals surface area (Å²) in [6.45, 7) is 5.10. The molecule has 0 bridgehead atoms. The first kappa shape index (κ1) is 24.1. The van der Waals surface area contributed by atoms with Gasteiger partial charge in [0, 0.05) is 12.7 Å². The maximum atomic E-state index is 12.8. The van der Waals surface area contributed by atoms with Gasteiger partial charge in [0.1, 0.15) is 5.75 Å². The SMILES string of the molecule is CCOC(=O)c1c(C)[nH]c(C(=O)COc2ccc(N(C)S(=O)(=O)c3ccccc3)cc2)c1C. The molecule has 0 fully saturated rings. The Balaban J connectivity index is 1.68. The number of nitrogens with one attached hydrogen (secondary N) is 1. The van der Waals surface area contributed by atoms with Gasteiger partial charge >= 0.3 is 5.97 Å². The summed E-state index contributed by atoms with van der Waals surface area (Å²) in [5.41, 5.74) is 2.17. The Hall–Kier alpha value is -3.59. The number of carbonyl (C=O) groups is 2. The minimum absolute atomic E-state index is 0.192. The number of ketones is 1. The molecule has 0 aliphatic heterocycles. The van der Waals surface area contributed by atoms with Gasteiger partial charge in [-0.2, -0.15) is 0 Å². The van der Waals surface area contributed by atoms with Crippen molar-refractivity contribution in [2.75, 3.05) is 24.6 Å². The van der Waals surface area contributed by atoms with Crippen molar-refractivity contribution in [3.63, 3.8) is 0 Å². The predicted molar refractivity (Wildman–Crippen MR) is 125 cm³/mol. The van der Waals surface area contributed by atoms with E-state index in [9.17, 15) is 18.0 Å². The lowest BCUT2D eigenvalue weighted by Gasteiger charge is -2.19. The number of ether oxygens (including phenoxy) is 2. The molecular weight excluding hydrogens is 444 g/mol. The zero-order valence-electron chi connectivity index (χ0n) is 18.9. The summed E-state index contributed by atoms with van der Waals surface area (Å²) < 4.78 is 37.3. The molecule has 1 heterocycles. The van der Waals surface area contributed by atoms with Crippen LogP contribution in [0.25, 0.3) is 0 Å². The van der Waals surface area contributed by atoms with Crippen LogP contribution in [0.2, 0.25) is 0 Å². The number of aromatic amines is 1. The van der Waals surface area contributed by atoms with Gasteiger partial charge in [0.15, 0.2) is 6.61 Å². The molecule has 0 amide bonds. The van der Waals surface area contributed by atoms with E-state index in [1.165, 1.54) is 23.5 Å². The van der Waals surface area contributed by atoms with Gasteiger partial charge in [0.05, 0.1) is 28.4 Å². The third-order valence-corrected chi connectivity index (χ3v) is 6.97. The molecule has 33 heavy (non-hydrogen) atoms. The number of aryl methyl sites for hydroxylation is 1. The monoisotopic (exact) mass is 470 g/mol. The zero-order valence-corrected chi connectivity index (χ0v) is 19.7. The van der Waals surface area contributed by atoms with Crippen LogP contribution in [-0.4, -0.2) is 45.4 Å². The second-order valence-electron chi connectivity index (χ2n) is 7.34. The van der Waals surface area contributed by atoms with Crippen molar-refractivity contribution in [1.29, 1.82) is 0 Å². The molecular formula is C24H26N2O6S. The molecule has 1 N–H and O–H groups in total. The number of benzene rings is 2. The number of H-pyrrole nitrogens is 1. The van der Waals surface area contributed by atoms with Crippen LogP contribution in [0.1, 0.15) is 39.0 Å². The first-order valence-electron chi connectivity index (χ1n) is 10.3. The fourth-order valence-corrected chi connectivity index (χ4v) is 4.62. The summed E-state index contributed by atoms with van der Waals surface area (Å²) in [6.07, 6.45) is 0. The molecule has 8 nitrogen and oxygen atoms in total. The van der Waals surface area contributed by atoms with Crippen LogP contribution in [0.15, 0.2) is 59.5 Å². The van der Waals surface area contributed by atoms with Crippen molar-refractivity contribution in [2.24, 2.45) is 0 Å². The molecule has 0 aliphatic rings. The molecule has 0 saturated heterocycles. The van der Waals surface area contributed by atoms with Gasteiger partial charge in [0.2, 0.25) is 5.78 Å². The molecule has 0 atom stereocenters. The number of aromatic nitrogens is 1. The van der Waals surface area contributed by atoms with Gasteiger partial charge in [-0.15, -0.1) is 0 Å². The number of sulfonamides is 1. The van der Waals surface area contributed by atoms with Crippen LogP contribution in [-0.2, 0) is 14.8 Å². The lowest BCUT2D eigenvalue weighted by Crippen LogP contribution is -2.26. The number of hydrogen-bond donors (Lipinski definition) is 1. The summed E-state index contributed by atoms with van der Waals surface area (Å²) in [5, 5.41) is 0. The number of esters is 1. The van der Waals surface area contributed by atoms with E-state index in [2.05, 4.69) is 4.98 Å². The van der Waals surface area contributed by atoms with E-state index in [4.69, 9.17) is 9.47 Å². The summed E-state index contributed by atoms with van der Waals surface area (Å²) in [7, 11) is -2.22. The average Bonchev–Trinajstić information content (AvgIpc) is 3.12. The maximum Gasteiger partial charge on any atom is 0.340 e. The van der Waals surface area contributed by atoms with Gasteiger partial charge in [-0.1, -0.05) is 18.2 Å². The van der Waals surface area contributed by atoms with Crippen molar-refractivity contribution in [3.8, 4) is 5.75 Å². The minimum Gasteiger partial charge on any atom is -0.485 e. The van der Waals surface area contributed by atoms with Gasteiger partial charge in [0.25, 0.3) is 10.0 Å². The molecule has 0 aliphatic carbocycles. The molecule has 0 radical (unpaired) electrons. The Morgan fingerprint density at radius 2 is 1.64 bits per heavy atom. The smallest absolute Gasteiger partial charge is 0.340 e. The quantitative estimate of drug-likeness (QED) is 0.376. The van der Waals surface area contributed by atoms with Crippen LogP contribution in [0, 0.1) is 13.8 Å². The first-order valence-corrected chi connectivity index (χ1v) is 11.8. The maximum absolute atomic E-state index is 12.8. The fraction of sp³-hybridized carbons (Fsp3) is 0.250. The second kappa shape index (κ2) is 9.91. The van der Waals surface area contributed by atoms with Gasteiger partial charge in [-0.05, 0) is 62.7 Å². The molecule has 9 heteroatoms. The van der Waals surface area contributed by atoms with Crippen molar-refractivity contribution in [2.45, 2.75) is 25.7 Å². The Bertz CT molecular complexity index is 1250. The summed E-state index contributed by atoms with van der Waals surface area (Å²) in [6, 6.07) is 14.5. The highest BCUT2D eigenvalue weighted by atomic mass is 32.2. The highest BCUT2D eigenvalue weighted by Gasteiger charge is 2.23. The highest BCUT2D eigenvalue weighted by molar-refractivity contribution is 7.92. The standard InChI is InChI=1S/C24H26N2O6S/c1-5-31-24(28)22-16(2)23(25-17(22)3)21(27)15-32-19-13-11-18(12-14-19)26(4)33(29,30)20-9-7-6-8-10-20/h6-14,25H,5,15H2,1-4H3. The lowest BCUT2D eigenvalue weighted by molar-refractivity contribution is 0.0525. The largest absolute Gasteiger partial charge is 0.485 e. The minimum atomic E-state index is -3.69. The van der Waals surface area contributed by atoms with Gasteiger partial charge in [-0.3, -0.25) is 9.10 Å². The van der Waals surface area contributed by atoms with Crippen molar-refractivity contribution < 1.29 is 27.5 Å². The van der Waals surface area contributed by atoms with Crippen LogP contribution >= 0.6 is 0 Å². The van der Waals surface area contributed by atoms with E-state index in [0.29, 0.717) is 34.0 Å². The molecule has 0 unspecified atom stereocenters. The highest BCUT2D eigenvalue weighted by Crippen LogP contribution is 2.25. The van der Waals surface area contributed by atoms with E-state index in [1.807, 2.05) is 0 Å². The van der Waals surface area contributed by atoms with Crippen molar-refractivity contribution >= 4 is 27.5 Å². The Kier molecular flexibility index (Phi) is 7.23. The molecule has 1 aromatic heterocycles. The van der Waals surface area contributed by atoms with E-state index in [-0.39, 0.29) is 23.9 Å². The van der Waals surface area contributed by atoms with E-state index in [0.717, 1.165) is 0 Å². The van der Waals surface area contributed by atoms with Crippen LogP contribution in [0.3, 0.4) is 0 Å². The molecule has 2 aromatic carbocycles. The summed E-state index contributed by atoms with van der Waals surface area (Å²) >= 11 is 0. The van der Waals surface area contributed by atoms with Gasteiger partial charge in [-0.25, -0.2) is 13.2 Å². The van der Waals surface area contributed by atoms with E-state index in [1.54, 1.807) is 63.2 Å². The lowest BCUT2D eigenvalue weighted by atomic mass is 10.1.